The Morgan fingerprint density at radius 2 is 1.46 bits per heavy atom. The molecule has 2 fully saturated rings. The second-order valence-corrected chi connectivity index (χ2v) is 7.93. The van der Waals surface area contributed by atoms with Crippen LogP contribution in [0.5, 0.6) is 0 Å². The predicted molar refractivity (Wildman–Crippen MR) is 106 cm³/mol. The van der Waals surface area contributed by atoms with Crippen molar-refractivity contribution >= 4 is 29.3 Å². The molecule has 0 unspecified atom stereocenters. The molecule has 6 nitrogen and oxygen atoms in total. The number of amides is 1. The first-order chi connectivity index (χ1) is 13.6. The molecule has 2 aromatic rings. The molecule has 4 rings (SSSR count). The van der Waals surface area contributed by atoms with Crippen LogP contribution in [0.25, 0.3) is 0 Å². The van der Waals surface area contributed by atoms with Crippen molar-refractivity contribution in [2.75, 3.05) is 60.6 Å². The molecule has 2 saturated heterocycles. The zero-order valence-corrected chi connectivity index (χ0v) is 16.2. The van der Waals surface area contributed by atoms with Crippen molar-refractivity contribution in [3.63, 3.8) is 0 Å². The standard InChI is InChI=1S/C19H21F2N5OS/c20-14-2-1-3-15(21)18(14)19(27)26-6-4-24(5-7-26)16-12-17(23-13-22-16)25-8-10-28-11-9-25/h1-3,12-13H,4-11H2. The molecule has 2 aliphatic rings. The molecule has 2 aliphatic heterocycles. The van der Waals surface area contributed by atoms with Crippen LogP contribution in [0.3, 0.4) is 0 Å². The van der Waals surface area contributed by atoms with Crippen LogP contribution >= 0.6 is 11.8 Å². The second kappa shape index (κ2) is 8.30. The van der Waals surface area contributed by atoms with E-state index in [9.17, 15) is 13.6 Å². The van der Waals surface area contributed by atoms with E-state index < -0.39 is 23.1 Å². The van der Waals surface area contributed by atoms with Crippen LogP contribution in [0, 0.1) is 11.6 Å². The Morgan fingerprint density at radius 3 is 2.07 bits per heavy atom. The van der Waals surface area contributed by atoms with E-state index in [1.165, 1.54) is 11.0 Å². The van der Waals surface area contributed by atoms with E-state index in [0.717, 1.165) is 48.4 Å². The number of halogens is 2. The minimum Gasteiger partial charge on any atom is -0.355 e. The maximum atomic E-state index is 13.9. The number of carbonyl (C=O) groups excluding carboxylic acids is 1. The van der Waals surface area contributed by atoms with Crippen molar-refractivity contribution in [3.05, 3.63) is 47.8 Å². The highest BCUT2D eigenvalue weighted by molar-refractivity contribution is 7.99. The maximum Gasteiger partial charge on any atom is 0.259 e. The van der Waals surface area contributed by atoms with Crippen molar-refractivity contribution in [2.24, 2.45) is 0 Å². The van der Waals surface area contributed by atoms with Crippen molar-refractivity contribution in [2.45, 2.75) is 0 Å². The monoisotopic (exact) mass is 405 g/mol. The Morgan fingerprint density at radius 1 is 0.893 bits per heavy atom. The Bertz CT molecular complexity index is 834. The summed E-state index contributed by atoms with van der Waals surface area (Å²) < 4.78 is 27.8. The third kappa shape index (κ3) is 3.89. The number of anilines is 2. The molecule has 0 atom stereocenters. The number of rotatable bonds is 3. The average molecular weight is 405 g/mol. The molecule has 0 N–H and O–H groups in total. The second-order valence-electron chi connectivity index (χ2n) is 6.71. The Hall–Kier alpha value is -2.42. The Kier molecular flexibility index (Phi) is 5.61. The molecule has 1 aromatic carbocycles. The first-order valence-corrected chi connectivity index (χ1v) is 10.4. The SMILES string of the molecule is O=C(c1c(F)cccc1F)N1CCN(c2cc(N3CCSCC3)ncn2)CC1. The lowest BCUT2D eigenvalue weighted by molar-refractivity contribution is 0.0736. The summed E-state index contributed by atoms with van der Waals surface area (Å²) >= 11 is 1.94. The van der Waals surface area contributed by atoms with Crippen LogP contribution in [0.2, 0.25) is 0 Å². The largest absolute Gasteiger partial charge is 0.355 e. The molecule has 3 heterocycles. The molecule has 0 saturated carbocycles. The summed E-state index contributed by atoms with van der Waals surface area (Å²) in [6.45, 7) is 3.80. The molecule has 0 aliphatic carbocycles. The van der Waals surface area contributed by atoms with Gasteiger partial charge in [0.05, 0.1) is 0 Å². The van der Waals surface area contributed by atoms with E-state index in [-0.39, 0.29) is 0 Å². The van der Waals surface area contributed by atoms with Gasteiger partial charge in [-0.1, -0.05) is 6.07 Å². The molecule has 0 radical (unpaired) electrons. The fourth-order valence-corrected chi connectivity index (χ4v) is 4.38. The summed E-state index contributed by atoms with van der Waals surface area (Å²) in [6, 6.07) is 5.44. The number of aromatic nitrogens is 2. The summed E-state index contributed by atoms with van der Waals surface area (Å²) in [4.78, 5) is 27.1. The van der Waals surface area contributed by atoms with Gasteiger partial charge in [-0.2, -0.15) is 11.8 Å². The molecule has 1 amide bonds. The van der Waals surface area contributed by atoms with E-state index in [0.29, 0.717) is 26.2 Å². The fourth-order valence-electron chi connectivity index (χ4n) is 3.47. The Balaban J connectivity index is 1.42. The predicted octanol–water partition coefficient (Wildman–Crippen LogP) is 2.27. The van der Waals surface area contributed by atoms with Gasteiger partial charge >= 0.3 is 0 Å². The highest BCUT2D eigenvalue weighted by Crippen LogP contribution is 2.22. The minimum atomic E-state index is -0.826. The molecule has 28 heavy (non-hydrogen) atoms. The first-order valence-electron chi connectivity index (χ1n) is 9.26. The topological polar surface area (TPSA) is 52.6 Å². The maximum absolute atomic E-state index is 13.9. The van der Waals surface area contributed by atoms with E-state index in [1.807, 2.05) is 17.8 Å². The van der Waals surface area contributed by atoms with Gasteiger partial charge in [-0.15, -0.1) is 0 Å². The molecule has 0 spiro atoms. The number of piperazine rings is 1. The zero-order valence-electron chi connectivity index (χ0n) is 15.4. The van der Waals surface area contributed by atoms with Gasteiger partial charge in [0.2, 0.25) is 0 Å². The molecular formula is C19H21F2N5OS. The van der Waals surface area contributed by atoms with Crippen molar-refractivity contribution in [1.29, 1.82) is 0 Å². The third-order valence-corrected chi connectivity index (χ3v) is 5.98. The van der Waals surface area contributed by atoms with E-state index >= 15 is 0 Å². The van der Waals surface area contributed by atoms with Gasteiger partial charge in [-0.25, -0.2) is 18.7 Å². The highest BCUT2D eigenvalue weighted by Gasteiger charge is 2.27. The number of benzene rings is 1. The van der Waals surface area contributed by atoms with E-state index in [4.69, 9.17) is 0 Å². The summed E-state index contributed by atoms with van der Waals surface area (Å²) in [7, 11) is 0. The lowest BCUT2D eigenvalue weighted by atomic mass is 10.1. The molecule has 9 heteroatoms. The quantitative estimate of drug-likeness (QED) is 0.781. The van der Waals surface area contributed by atoms with E-state index in [2.05, 4.69) is 19.8 Å². The molecule has 0 bridgehead atoms. The van der Waals surface area contributed by atoms with Crippen molar-refractivity contribution in [3.8, 4) is 0 Å². The van der Waals surface area contributed by atoms with Gasteiger partial charge in [0.25, 0.3) is 5.91 Å². The van der Waals surface area contributed by atoms with Crippen LogP contribution in [-0.4, -0.2) is 71.5 Å². The lowest BCUT2D eigenvalue weighted by Crippen LogP contribution is -2.49. The van der Waals surface area contributed by atoms with Crippen LogP contribution < -0.4 is 9.80 Å². The van der Waals surface area contributed by atoms with Gasteiger partial charge in [-0.05, 0) is 12.1 Å². The Labute approximate surface area is 166 Å². The van der Waals surface area contributed by atoms with Crippen LogP contribution in [0.1, 0.15) is 10.4 Å². The molecular weight excluding hydrogens is 384 g/mol. The highest BCUT2D eigenvalue weighted by atomic mass is 32.2. The average Bonchev–Trinajstić information content (AvgIpc) is 2.74. The molecule has 148 valence electrons. The number of hydrogen-bond donors (Lipinski definition) is 0. The summed E-state index contributed by atoms with van der Waals surface area (Å²) in [5.41, 5.74) is -0.483. The lowest BCUT2D eigenvalue weighted by Gasteiger charge is -2.36. The number of nitrogens with zero attached hydrogens (tertiary/aromatic N) is 5. The smallest absolute Gasteiger partial charge is 0.259 e. The summed E-state index contributed by atoms with van der Waals surface area (Å²) in [5, 5.41) is 0. The third-order valence-electron chi connectivity index (χ3n) is 5.04. The summed E-state index contributed by atoms with van der Waals surface area (Å²) in [6.07, 6.45) is 1.57. The van der Waals surface area contributed by atoms with E-state index in [1.54, 1.807) is 6.33 Å². The van der Waals surface area contributed by atoms with Crippen LogP contribution in [0.4, 0.5) is 20.4 Å². The number of hydrogen-bond acceptors (Lipinski definition) is 6. The van der Waals surface area contributed by atoms with Crippen molar-refractivity contribution in [1.82, 2.24) is 14.9 Å². The molecule has 1 aromatic heterocycles. The van der Waals surface area contributed by atoms with Crippen LogP contribution in [-0.2, 0) is 0 Å². The normalized spacial score (nSPS) is 17.7. The number of thioether (sulfide) groups is 1. The van der Waals surface area contributed by atoms with Gasteiger partial charge in [0.15, 0.2) is 0 Å². The van der Waals surface area contributed by atoms with Crippen LogP contribution in [0.15, 0.2) is 30.6 Å². The number of carbonyl (C=O) groups is 1. The minimum absolute atomic E-state index is 0.381. The zero-order chi connectivity index (χ0) is 19.5. The summed E-state index contributed by atoms with van der Waals surface area (Å²) in [5.74, 6) is 1.65. The van der Waals surface area contributed by atoms with Gasteiger partial charge < -0.3 is 14.7 Å². The first kappa shape index (κ1) is 18.9. The van der Waals surface area contributed by atoms with Gasteiger partial charge in [-0.3, -0.25) is 4.79 Å². The van der Waals surface area contributed by atoms with Crippen molar-refractivity contribution < 1.29 is 13.6 Å². The van der Waals surface area contributed by atoms with Gasteiger partial charge in [0, 0.05) is 56.8 Å². The van der Waals surface area contributed by atoms with Gasteiger partial charge in [0.1, 0.15) is 35.2 Å². The fraction of sp³-hybridized carbons (Fsp3) is 0.421.